The molecule has 4 rings (SSSR count). The van der Waals surface area contributed by atoms with E-state index in [4.69, 9.17) is 15.2 Å². The standard InChI is InChI=1S/C29H33F2N3O3/c1-36-27-14-12-23-24(29(35)37-2)11-7-20(28(23)34-27)17-26(32)18-5-9-22(10-6-18)33-15-3-4-19-16-21(30)8-13-25(19)31/h3-4,7-8,11-14,16,18,22,26,33H,5-6,9-10,15,17,32H2,1-2H3/b4-3+. The van der Waals surface area contributed by atoms with Crippen LogP contribution in [0.2, 0.25) is 0 Å². The topological polar surface area (TPSA) is 86.5 Å². The van der Waals surface area contributed by atoms with E-state index in [1.54, 1.807) is 25.3 Å². The number of hydrogen-bond donors (Lipinski definition) is 2. The summed E-state index contributed by atoms with van der Waals surface area (Å²) in [5, 5.41) is 4.20. The van der Waals surface area contributed by atoms with Crippen LogP contribution in [0.3, 0.4) is 0 Å². The first kappa shape index (κ1) is 26.7. The van der Waals surface area contributed by atoms with Crippen molar-refractivity contribution >= 4 is 22.9 Å². The van der Waals surface area contributed by atoms with Crippen molar-refractivity contribution in [2.24, 2.45) is 11.7 Å². The molecule has 2 aromatic carbocycles. The average Bonchev–Trinajstić information content (AvgIpc) is 2.92. The summed E-state index contributed by atoms with van der Waals surface area (Å²) < 4.78 is 37.3. The second-order valence-electron chi connectivity index (χ2n) is 9.47. The minimum atomic E-state index is -0.453. The molecule has 1 aromatic heterocycles. The second-order valence-corrected chi connectivity index (χ2v) is 9.47. The lowest BCUT2D eigenvalue weighted by Gasteiger charge is -2.32. The zero-order chi connectivity index (χ0) is 26.4. The zero-order valence-corrected chi connectivity index (χ0v) is 21.2. The number of carbonyl (C=O) groups excluding carboxylic acids is 1. The van der Waals surface area contributed by atoms with Crippen LogP contribution in [0, 0.1) is 17.6 Å². The normalized spacial score (nSPS) is 18.7. The Kier molecular flexibility index (Phi) is 8.84. The van der Waals surface area contributed by atoms with E-state index in [1.807, 2.05) is 18.2 Å². The van der Waals surface area contributed by atoms with Crippen molar-refractivity contribution in [2.75, 3.05) is 20.8 Å². The van der Waals surface area contributed by atoms with Gasteiger partial charge in [0.25, 0.3) is 0 Å². The minimum absolute atomic E-state index is 0.0445. The molecule has 0 bridgehead atoms. The number of esters is 1. The van der Waals surface area contributed by atoms with Gasteiger partial charge >= 0.3 is 5.97 Å². The molecule has 0 radical (unpaired) electrons. The van der Waals surface area contributed by atoms with E-state index < -0.39 is 17.6 Å². The van der Waals surface area contributed by atoms with E-state index in [9.17, 15) is 13.6 Å². The van der Waals surface area contributed by atoms with Crippen LogP contribution < -0.4 is 15.8 Å². The van der Waals surface area contributed by atoms with Gasteiger partial charge in [-0.05, 0) is 73.9 Å². The van der Waals surface area contributed by atoms with Gasteiger partial charge in [-0.1, -0.05) is 18.2 Å². The predicted octanol–water partition coefficient (Wildman–Crippen LogP) is 5.04. The monoisotopic (exact) mass is 509 g/mol. The lowest BCUT2D eigenvalue weighted by molar-refractivity contribution is 0.0603. The lowest BCUT2D eigenvalue weighted by atomic mass is 9.79. The number of halogens is 2. The Labute approximate surface area is 215 Å². The summed E-state index contributed by atoms with van der Waals surface area (Å²) in [5.41, 5.74) is 9.06. The molecule has 1 fully saturated rings. The summed E-state index contributed by atoms with van der Waals surface area (Å²) in [6, 6.07) is 11.0. The highest BCUT2D eigenvalue weighted by Crippen LogP contribution is 2.30. The Morgan fingerprint density at radius 2 is 1.92 bits per heavy atom. The summed E-state index contributed by atoms with van der Waals surface area (Å²) in [5.74, 6) is -0.449. The van der Waals surface area contributed by atoms with Crippen LogP contribution >= 0.6 is 0 Å². The summed E-state index contributed by atoms with van der Waals surface area (Å²) in [4.78, 5) is 16.8. The van der Waals surface area contributed by atoms with E-state index in [0.29, 0.717) is 41.9 Å². The third kappa shape index (κ3) is 6.50. The maximum Gasteiger partial charge on any atom is 0.338 e. The van der Waals surface area contributed by atoms with Gasteiger partial charge in [0, 0.05) is 35.6 Å². The number of methoxy groups -OCH3 is 2. The number of ether oxygens (including phenoxy) is 2. The molecule has 8 heteroatoms. The van der Waals surface area contributed by atoms with Gasteiger partial charge in [0.05, 0.1) is 25.3 Å². The molecule has 1 heterocycles. The summed E-state index contributed by atoms with van der Waals surface area (Å²) in [7, 11) is 2.92. The molecule has 0 saturated heterocycles. The largest absolute Gasteiger partial charge is 0.481 e. The number of rotatable bonds is 9. The van der Waals surface area contributed by atoms with Crippen LogP contribution in [0.1, 0.15) is 47.2 Å². The molecular formula is C29H33F2N3O3. The SMILES string of the molecule is COC(=O)c1ccc(CC(N)C2CCC(NC/C=C/c3cc(F)ccc3F)CC2)c2nc(OC)ccc12. The summed E-state index contributed by atoms with van der Waals surface area (Å²) in [6.45, 7) is 0.587. The molecule has 1 unspecified atom stereocenters. The summed E-state index contributed by atoms with van der Waals surface area (Å²) in [6.07, 6.45) is 8.05. The van der Waals surface area contributed by atoms with Gasteiger partial charge in [-0.2, -0.15) is 0 Å². The Morgan fingerprint density at radius 1 is 1.14 bits per heavy atom. The zero-order valence-electron chi connectivity index (χ0n) is 21.2. The number of carbonyl (C=O) groups is 1. The van der Waals surface area contributed by atoms with Crippen LogP contribution in [0.15, 0.2) is 48.5 Å². The van der Waals surface area contributed by atoms with Gasteiger partial charge in [0.15, 0.2) is 0 Å². The number of pyridine rings is 1. The minimum Gasteiger partial charge on any atom is -0.481 e. The number of nitrogens with two attached hydrogens (primary N) is 1. The quantitative estimate of drug-likeness (QED) is 0.393. The molecule has 6 nitrogen and oxygen atoms in total. The van der Waals surface area contributed by atoms with Crippen LogP contribution in [-0.2, 0) is 11.2 Å². The van der Waals surface area contributed by atoms with Gasteiger partial charge < -0.3 is 20.5 Å². The van der Waals surface area contributed by atoms with Crippen LogP contribution in [0.25, 0.3) is 17.0 Å². The maximum atomic E-state index is 13.7. The first-order valence-electron chi connectivity index (χ1n) is 12.5. The fourth-order valence-electron chi connectivity index (χ4n) is 5.06. The second kappa shape index (κ2) is 12.3. The molecule has 1 aliphatic carbocycles. The molecule has 0 spiro atoms. The van der Waals surface area contributed by atoms with Crippen molar-refractivity contribution in [3.63, 3.8) is 0 Å². The fourth-order valence-corrected chi connectivity index (χ4v) is 5.06. The molecule has 1 saturated carbocycles. The first-order valence-corrected chi connectivity index (χ1v) is 12.5. The van der Waals surface area contributed by atoms with Crippen molar-refractivity contribution in [3.05, 3.63) is 76.9 Å². The Morgan fingerprint density at radius 3 is 2.65 bits per heavy atom. The molecule has 3 N–H and O–H groups in total. The van der Waals surface area contributed by atoms with Gasteiger partial charge in [-0.25, -0.2) is 18.6 Å². The highest BCUT2D eigenvalue weighted by Gasteiger charge is 2.26. The van der Waals surface area contributed by atoms with Crippen LogP contribution in [0.4, 0.5) is 8.78 Å². The number of benzene rings is 2. The van der Waals surface area contributed by atoms with Crippen molar-refractivity contribution in [1.82, 2.24) is 10.3 Å². The highest BCUT2D eigenvalue weighted by atomic mass is 19.1. The van der Waals surface area contributed by atoms with Crippen molar-refractivity contribution < 1.29 is 23.0 Å². The smallest absolute Gasteiger partial charge is 0.338 e. The van der Waals surface area contributed by atoms with E-state index in [0.717, 1.165) is 48.8 Å². The highest BCUT2D eigenvalue weighted by molar-refractivity contribution is 6.04. The summed E-state index contributed by atoms with van der Waals surface area (Å²) >= 11 is 0. The molecule has 37 heavy (non-hydrogen) atoms. The van der Waals surface area contributed by atoms with E-state index in [-0.39, 0.29) is 11.6 Å². The number of nitrogens with one attached hydrogen (secondary N) is 1. The fraction of sp³-hybridized carbons (Fsp3) is 0.379. The number of nitrogens with zero attached hydrogens (tertiary/aromatic N) is 1. The molecule has 1 aliphatic rings. The number of aromatic nitrogens is 1. The van der Waals surface area contributed by atoms with E-state index >= 15 is 0 Å². The molecule has 1 atom stereocenters. The van der Waals surface area contributed by atoms with E-state index in [2.05, 4.69) is 10.3 Å². The third-order valence-corrected chi connectivity index (χ3v) is 7.14. The van der Waals surface area contributed by atoms with Crippen molar-refractivity contribution in [3.8, 4) is 5.88 Å². The number of fused-ring (bicyclic) bond motifs is 1. The molecule has 0 aliphatic heterocycles. The van der Waals surface area contributed by atoms with Crippen LogP contribution in [0.5, 0.6) is 5.88 Å². The Balaban J connectivity index is 1.34. The molecular weight excluding hydrogens is 476 g/mol. The third-order valence-electron chi connectivity index (χ3n) is 7.14. The average molecular weight is 510 g/mol. The van der Waals surface area contributed by atoms with Crippen molar-refractivity contribution in [2.45, 2.75) is 44.2 Å². The number of hydrogen-bond acceptors (Lipinski definition) is 6. The van der Waals surface area contributed by atoms with Gasteiger partial charge in [-0.15, -0.1) is 0 Å². The van der Waals surface area contributed by atoms with Gasteiger partial charge in [0.1, 0.15) is 11.6 Å². The van der Waals surface area contributed by atoms with E-state index in [1.165, 1.54) is 13.2 Å². The van der Waals surface area contributed by atoms with Gasteiger partial charge in [0.2, 0.25) is 5.88 Å². The maximum absolute atomic E-state index is 13.7. The lowest BCUT2D eigenvalue weighted by Crippen LogP contribution is -2.39. The van der Waals surface area contributed by atoms with Crippen molar-refractivity contribution in [1.29, 1.82) is 0 Å². The predicted molar refractivity (Wildman–Crippen MR) is 140 cm³/mol. The van der Waals surface area contributed by atoms with Crippen LogP contribution in [-0.4, -0.2) is 43.8 Å². The Hall–Kier alpha value is -3.36. The van der Waals surface area contributed by atoms with Gasteiger partial charge in [-0.3, -0.25) is 0 Å². The first-order chi connectivity index (χ1) is 17.9. The Bertz CT molecular complexity index is 1270. The molecule has 196 valence electrons. The molecule has 0 amide bonds. The molecule has 3 aromatic rings.